The van der Waals surface area contributed by atoms with Crippen molar-refractivity contribution in [2.45, 2.75) is 38.2 Å². The van der Waals surface area contributed by atoms with Crippen molar-refractivity contribution in [3.63, 3.8) is 0 Å². The molecule has 3 aromatic rings. The van der Waals surface area contributed by atoms with Crippen LogP contribution in [0.5, 0.6) is 0 Å². The summed E-state index contributed by atoms with van der Waals surface area (Å²) in [5.74, 6) is 0.771. The van der Waals surface area contributed by atoms with Crippen molar-refractivity contribution in [2.75, 3.05) is 6.54 Å². The zero-order valence-electron chi connectivity index (χ0n) is 18.0. The molecule has 3 aromatic carbocycles. The Morgan fingerprint density at radius 2 is 1.58 bits per heavy atom. The third kappa shape index (κ3) is 4.60. The highest BCUT2D eigenvalue weighted by atomic mass is 35.5. The Bertz CT molecular complexity index is 1070. The van der Waals surface area contributed by atoms with Gasteiger partial charge in [-0.3, -0.25) is 4.99 Å². The summed E-state index contributed by atoms with van der Waals surface area (Å²) in [4.78, 5) is 4.34. The summed E-state index contributed by atoms with van der Waals surface area (Å²) >= 11 is 6.78. The molecule has 0 fully saturated rings. The summed E-state index contributed by atoms with van der Waals surface area (Å²) < 4.78 is 6.83. The van der Waals surface area contributed by atoms with Gasteiger partial charge in [0.2, 0.25) is 0 Å². The maximum atomic E-state index is 6.83. The van der Waals surface area contributed by atoms with E-state index in [1.54, 1.807) is 0 Å². The van der Waals surface area contributed by atoms with Crippen molar-refractivity contribution in [1.82, 2.24) is 0 Å². The van der Waals surface area contributed by atoms with Crippen LogP contribution >= 0.6 is 11.6 Å². The van der Waals surface area contributed by atoms with Gasteiger partial charge in [0, 0.05) is 28.1 Å². The fourth-order valence-corrected chi connectivity index (χ4v) is 4.30. The van der Waals surface area contributed by atoms with Crippen LogP contribution in [0.3, 0.4) is 0 Å². The van der Waals surface area contributed by atoms with Gasteiger partial charge < -0.3 is 4.74 Å². The van der Waals surface area contributed by atoms with Crippen LogP contribution in [0.4, 0.5) is 0 Å². The highest BCUT2D eigenvalue weighted by molar-refractivity contribution is 6.31. The van der Waals surface area contributed by atoms with Crippen LogP contribution in [0.15, 0.2) is 96.2 Å². The van der Waals surface area contributed by atoms with Gasteiger partial charge in [-0.1, -0.05) is 111 Å². The SMILES string of the molecule is C=C(CCCCC)OC(c1ccccc1)(c1ccc(C2=NC2)cc1)c1ccccc1Cl. The summed E-state index contributed by atoms with van der Waals surface area (Å²) in [6.45, 7) is 7.32. The van der Waals surface area contributed by atoms with Crippen molar-refractivity contribution < 1.29 is 4.74 Å². The minimum Gasteiger partial charge on any atom is -0.478 e. The lowest BCUT2D eigenvalue weighted by atomic mass is 9.79. The van der Waals surface area contributed by atoms with Crippen LogP contribution < -0.4 is 0 Å². The molecule has 0 aliphatic carbocycles. The Balaban J connectivity index is 1.86. The lowest BCUT2D eigenvalue weighted by molar-refractivity contribution is 0.0660. The fraction of sp³-hybridized carbons (Fsp3) is 0.250. The molecule has 3 heteroatoms. The summed E-state index contributed by atoms with van der Waals surface area (Å²) in [5.41, 5.74) is 4.39. The van der Waals surface area contributed by atoms with Gasteiger partial charge in [-0.15, -0.1) is 0 Å². The lowest BCUT2D eigenvalue weighted by Crippen LogP contribution is -2.33. The normalized spacial score (nSPS) is 14.5. The predicted molar refractivity (Wildman–Crippen MR) is 130 cm³/mol. The van der Waals surface area contributed by atoms with Crippen molar-refractivity contribution in [1.29, 1.82) is 0 Å². The number of halogens is 1. The van der Waals surface area contributed by atoms with Gasteiger partial charge in [0.15, 0.2) is 5.60 Å². The molecule has 0 spiro atoms. The van der Waals surface area contributed by atoms with E-state index in [2.05, 4.69) is 54.9 Å². The second-order valence-corrected chi connectivity index (χ2v) is 8.37. The molecule has 1 unspecified atom stereocenters. The van der Waals surface area contributed by atoms with Gasteiger partial charge in [0.25, 0.3) is 0 Å². The average Bonchev–Trinajstić information content (AvgIpc) is 3.65. The van der Waals surface area contributed by atoms with E-state index in [1.165, 1.54) is 0 Å². The summed E-state index contributed by atoms with van der Waals surface area (Å²) in [5, 5.41) is 0.670. The quantitative estimate of drug-likeness (QED) is 0.185. The lowest BCUT2D eigenvalue weighted by Gasteiger charge is -2.37. The predicted octanol–water partition coefficient (Wildman–Crippen LogP) is 7.55. The molecule has 1 heterocycles. The fourth-order valence-electron chi connectivity index (χ4n) is 4.03. The molecule has 0 aromatic heterocycles. The minimum absolute atomic E-state index is 0.670. The number of hydrogen-bond donors (Lipinski definition) is 0. The van der Waals surface area contributed by atoms with Crippen LogP contribution in [-0.4, -0.2) is 12.3 Å². The molecule has 0 N–H and O–H groups in total. The molecule has 0 saturated carbocycles. The van der Waals surface area contributed by atoms with E-state index in [0.717, 1.165) is 66.0 Å². The smallest absolute Gasteiger partial charge is 0.185 e. The molecule has 1 aliphatic rings. The van der Waals surface area contributed by atoms with Crippen LogP contribution in [0.25, 0.3) is 0 Å². The third-order valence-corrected chi connectivity index (χ3v) is 6.06. The van der Waals surface area contributed by atoms with Gasteiger partial charge in [-0.05, 0) is 18.1 Å². The van der Waals surface area contributed by atoms with Gasteiger partial charge in [0.1, 0.15) is 0 Å². The number of benzene rings is 3. The van der Waals surface area contributed by atoms with E-state index in [0.29, 0.717) is 5.02 Å². The Kier molecular flexibility index (Phi) is 6.58. The van der Waals surface area contributed by atoms with Crippen LogP contribution in [0, 0.1) is 0 Å². The Morgan fingerprint density at radius 1 is 0.935 bits per heavy atom. The Morgan fingerprint density at radius 3 is 2.23 bits per heavy atom. The largest absolute Gasteiger partial charge is 0.478 e. The monoisotopic (exact) mass is 429 g/mol. The number of allylic oxidation sites excluding steroid dienone is 1. The van der Waals surface area contributed by atoms with Crippen molar-refractivity contribution in [3.8, 4) is 0 Å². The molecule has 1 aliphatic heterocycles. The zero-order valence-corrected chi connectivity index (χ0v) is 18.7. The molecule has 0 saturated heterocycles. The van der Waals surface area contributed by atoms with Crippen molar-refractivity contribution >= 4 is 17.3 Å². The highest BCUT2D eigenvalue weighted by Gasteiger charge is 2.40. The molecule has 4 rings (SSSR count). The first-order valence-electron chi connectivity index (χ1n) is 11.0. The number of hydrogen-bond acceptors (Lipinski definition) is 2. The first-order valence-corrected chi connectivity index (χ1v) is 11.3. The van der Waals surface area contributed by atoms with E-state index in [9.17, 15) is 0 Å². The van der Waals surface area contributed by atoms with Crippen LogP contribution in [-0.2, 0) is 10.3 Å². The first kappa shape index (κ1) is 21.4. The average molecular weight is 430 g/mol. The Hall–Kier alpha value is -2.84. The molecule has 0 amide bonds. The topological polar surface area (TPSA) is 21.6 Å². The molecule has 0 radical (unpaired) electrons. The van der Waals surface area contributed by atoms with E-state index in [1.807, 2.05) is 42.5 Å². The van der Waals surface area contributed by atoms with Crippen LogP contribution in [0.2, 0.25) is 5.02 Å². The molecule has 158 valence electrons. The first-order chi connectivity index (χ1) is 15.1. The highest BCUT2D eigenvalue weighted by Crippen LogP contribution is 2.45. The summed E-state index contributed by atoms with van der Waals surface area (Å²) in [6.07, 6.45) is 4.19. The second-order valence-electron chi connectivity index (χ2n) is 7.97. The number of rotatable bonds is 10. The third-order valence-electron chi connectivity index (χ3n) is 5.73. The van der Waals surface area contributed by atoms with E-state index in [-0.39, 0.29) is 0 Å². The molecule has 0 bridgehead atoms. The molecular weight excluding hydrogens is 402 g/mol. The van der Waals surface area contributed by atoms with Crippen LogP contribution in [0.1, 0.15) is 54.9 Å². The van der Waals surface area contributed by atoms with Gasteiger partial charge in [-0.2, -0.15) is 0 Å². The maximum absolute atomic E-state index is 6.83. The standard InChI is InChI=1S/C28H28ClNO/c1-3-4-6-11-21(2)31-28(23-12-7-5-8-13-23,25-14-9-10-15-26(25)29)24-18-16-22(17-19-24)27-20-30-27/h5,7-10,12-19H,2-4,6,11,20H2,1H3. The van der Waals surface area contributed by atoms with E-state index >= 15 is 0 Å². The summed E-state index contributed by atoms with van der Waals surface area (Å²) in [6, 6.07) is 26.7. The van der Waals surface area contributed by atoms with Gasteiger partial charge in [0.05, 0.1) is 18.0 Å². The second kappa shape index (κ2) is 9.53. The molecule has 1 atom stereocenters. The van der Waals surface area contributed by atoms with Gasteiger partial charge in [-0.25, -0.2) is 0 Å². The van der Waals surface area contributed by atoms with Crippen molar-refractivity contribution in [3.05, 3.63) is 118 Å². The number of ether oxygens (including phenoxy) is 1. The zero-order chi connectivity index (χ0) is 21.7. The number of aliphatic imine (C=N–C) groups is 1. The van der Waals surface area contributed by atoms with Gasteiger partial charge >= 0.3 is 0 Å². The molecule has 2 nitrogen and oxygen atoms in total. The van der Waals surface area contributed by atoms with E-state index < -0.39 is 5.60 Å². The number of unbranched alkanes of at least 4 members (excludes halogenated alkanes) is 2. The molecular formula is C28H28ClNO. The minimum atomic E-state index is -0.882. The van der Waals surface area contributed by atoms with E-state index in [4.69, 9.17) is 16.3 Å². The summed E-state index contributed by atoms with van der Waals surface area (Å²) in [7, 11) is 0. The number of nitrogens with zero attached hydrogens (tertiary/aromatic N) is 1. The van der Waals surface area contributed by atoms with Crippen molar-refractivity contribution in [2.24, 2.45) is 4.99 Å². The maximum Gasteiger partial charge on any atom is 0.185 e. The Labute approximate surface area is 190 Å². The molecule has 31 heavy (non-hydrogen) atoms.